The third kappa shape index (κ3) is 2.48. The second-order valence-electron chi connectivity index (χ2n) is 7.13. The first-order valence-corrected chi connectivity index (χ1v) is 8.72. The zero-order valence-corrected chi connectivity index (χ0v) is 15.0. The Hall–Kier alpha value is -3.07. The van der Waals surface area contributed by atoms with E-state index in [2.05, 4.69) is 37.0 Å². The molecule has 3 rings (SSSR count). The fraction of sp³-hybridized carbons (Fsp3) is 0.381. The van der Waals surface area contributed by atoms with Crippen LogP contribution in [0.2, 0.25) is 0 Å². The number of nitriles is 3. The minimum atomic E-state index is -1.55. The average molecular weight is 343 g/mol. The molecule has 130 valence electrons. The first-order chi connectivity index (χ1) is 12.5. The number of fused-ring (bicyclic) bond motifs is 1. The van der Waals surface area contributed by atoms with Gasteiger partial charge in [-0.15, -0.1) is 0 Å². The van der Waals surface area contributed by atoms with Gasteiger partial charge in [-0.2, -0.15) is 15.8 Å². The van der Waals surface area contributed by atoms with Crippen LogP contribution in [-0.4, -0.2) is 24.0 Å². The molecule has 5 nitrogen and oxygen atoms in total. The largest absolute Gasteiger partial charge is 0.399 e. The summed E-state index contributed by atoms with van der Waals surface area (Å²) >= 11 is 0. The summed E-state index contributed by atoms with van der Waals surface area (Å²) in [5, 5.41) is 29.7. The highest BCUT2D eigenvalue weighted by molar-refractivity contribution is 5.59. The normalized spacial score (nSPS) is 24.8. The van der Waals surface area contributed by atoms with Gasteiger partial charge in [0.1, 0.15) is 6.07 Å². The fourth-order valence-electron chi connectivity index (χ4n) is 4.16. The van der Waals surface area contributed by atoms with E-state index in [-0.39, 0.29) is 11.6 Å². The number of rotatable bonds is 2. The summed E-state index contributed by atoms with van der Waals surface area (Å²) in [6.07, 6.45) is 2.04. The lowest BCUT2D eigenvalue weighted by molar-refractivity contribution is 0.174. The van der Waals surface area contributed by atoms with Crippen molar-refractivity contribution >= 4 is 0 Å². The van der Waals surface area contributed by atoms with E-state index in [1.54, 1.807) is 0 Å². The van der Waals surface area contributed by atoms with Crippen molar-refractivity contribution in [2.75, 3.05) is 13.1 Å². The minimum absolute atomic E-state index is 0.0827. The van der Waals surface area contributed by atoms with Gasteiger partial charge in [-0.3, -0.25) is 4.90 Å². The molecule has 1 heterocycles. The number of nitrogens with two attached hydrogens (primary N) is 1. The van der Waals surface area contributed by atoms with Crippen molar-refractivity contribution in [2.24, 2.45) is 17.1 Å². The molecule has 0 amide bonds. The molecular formula is C21H21N5. The zero-order valence-electron chi connectivity index (χ0n) is 15.0. The second-order valence-corrected chi connectivity index (χ2v) is 7.13. The minimum Gasteiger partial charge on any atom is -0.399 e. The van der Waals surface area contributed by atoms with Crippen LogP contribution in [0.1, 0.15) is 25.3 Å². The molecule has 0 saturated carbocycles. The van der Waals surface area contributed by atoms with E-state index in [9.17, 15) is 15.8 Å². The maximum absolute atomic E-state index is 9.99. The van der Waals surface area contributed by atoms with Crippen LogP contribution >= 0.6 is 0 Å². The van der Waals surface area contributed by atoms with Crippen LogP contribution in [-0.2, 0) is 0 Å². The molecule has 2 N–H and O–H groups in total. The fourth-order valence-corrected chi connectivity index (χ4v) is 4.16. The lowest BCUT2D eigenvalue weighted by atomic mass is 9.58. The summed E-state index contributed by atoms with van der Waals surface area (Å²) in [5.41, 5.74) is 6.88. The molecule has 2 aliphatic rings. The van der Waals surface area contributed by atoms with Crippen LogP contribution in [0.5, 0.6) is 0 Å². The molecule has 1 aliphatic heterocycles. The number of hydrogen-bond donors (Lipinski definition) is 1. The van der Waals surface area contributed by atoms with E-state index in [1.807, 2.05) is 36.4 Å². The highest BCUT2D eigenvalue weighted by Crippen LogP contribution is 2.54. The summed E-state index contributed by atoms with van der Waals surface area (Å²) in [6, 6.07) is 16.4. The number of nitrogens with zero attached hydrogens (tertiary/aromatic N) is 4. The molecular weight excluding hydrogens is 322 g/mol. The smallest absolute Gasteiger partial charge is 0.191 e. The van der Waals surface area contributed by atoms with Crippen LogP contribution in [0.25, 0.3) is 0 Å². The molecule has 2 atom stereocenters. The highest BCUT2D eigenvalue weighted by Gasteiger charge is 2.54. The van der Waals surface area contributed by atoms with Crippen molar-refractivity contribution in [3.05, 3.63) is 58.8 Å². The molecule has 0 fully saturated rings. The SMILES string of the molecule is CC(C)N1CC=C2C(C#N)=C(N)C(C#N)(C#N)[C@H](c3ccccc3)[C@@H]2C1. The average Bonchev–Trinajstić information content (AvgIpc) is 2.67. The predicted molar refractivity (Wildman–Crippen MR) is 98.0 cm³/mol. The molecule has 1 aliphatic carbocycles. The maximum atomic E-state index is 9.99. The molecule has 0 bridgehead atoms. The third-order valence-corrected chi connectivity index (χ3v) is 5.58. The summed E-state index contributed by atoms with van der Waals surface area (Å²) in [6.45, 7) is 5.66. The zero-order chi connectivity index (χ0) is 18.9. The number of benzene rings is 1. The van der Waals surface area contributed by atoms with Crippen LogP contribution < -0.4 is 5.73 Å². The van der Waals surface area contributed by atoms with E-state index in [0.717, 1.165) is 17.7 Å². The molecule has 5 heteroatoms. The molecule has 0 unspecified atom stereocenters. The van der Waals surface area contributed by atoms with Crippen LogP contribution in [0.3, 0.4) is 0 Å². The quantitative estimate of drug-likeness (QED) is 0.890. The second kappa shape index (κ2) is 6.68. The Balaban J connectivity index is 2.29. The molecule has 26 heavy (non-hydrogen) atoms. The lowest BCUT2D eigenvalue weighted by Crippen LogP contribution is -2.49. The van der Waals surface area contributed by atoms with Crippen LogP contribution in [0.15, 0.2) is 53.3 Å². The Morgan fingerprint density at radius 1 is 1.15 bits per heavy atom. The summed E-state index contributed by atoms with van der Waals surface area (Å²) in [4.78, 5) is 2.29. The maximum Gasteiger partial charge on any atom is 0.191 e. The van der Waals surface area contributed by atoms with Gasteiger partial charge in [-0.1, -0.05) is 36.4 Å². The Morgan fingerprint density at radius 3 is 2.35 bits per heavy atom. The molecule has 0 saturated heterocycles. The number of allylic oxidation sites excluding steroid dienone is 2. The van der Waals surface area contributed by atoms with E-state index >= 15 is 0 Å². The van der Waals surface area contributed by atoms with Crippen LogP contribution in [0.4, 0.5) is 0 Å². The van der Waals surface area contributed by atoms with Gasteiger partial charge in [0.25, 0.3) is 0 Å². The van der Waals surface area contributed by atoms with E-state index in [1.165, 1.54) is 0 Å². The molecule has 0 spiro atoms. The van der Waals surface area contributed by atoms with Gasteiger partial charge in [0, 0.05) is 31.0 Å². The number of hydrogen-bond acceptors (Lipinski definition) is 5. The highest BCUT2D eigenvalue weighted by atomic mass is 15.2. The summed E-state index contributed by atoms with van der Waals surface area (Å²) in [5.74, 6) is -0.543. The van der Waals surface area contributed by atoms with Gasteiger partial charge in [0.2, 0.25) is 0 Å². The molecule has 1 aromatic carbocycles. The Bertz CT molecular complexity index is 875. The first-order valence-electron chi connectivity index (χ1n) is 8.72. The van der Waals surface area contributed by atoms with E-state index < -0.39 is 11.3 Å². The third-order valence-electron chi connectivity index (χ3n) is 5.58. The van der Waals surface area contributed by atoms with Gasteiger partial charge >= 0.3 is 0 Å². The molecule has 1 aromatic rings. The Kier molecular flexibility index (Phi) is 4.56. The topological polar surface area (TPSA) is 101 Å². The molecule has 0 radical (unpaired) electrons. The first kappa shape index (κ1) is 17.7. The Labute approximate surface area is 154 Å². The summed E-state index contributed by atoms with van der Waals surface area (Å²) in [7, 11) is 0. The Morgan fingerprint density at radius 2 is 1.81 bits per heavy atom. The summed E-state index contributed by atoms with van der Waals surface area (Å²) < 4.78 is 0. The van der Waals surface area contributed by atoms with Gasteiger partial charge in [0.05, 0.1) is 23.4 Å². The van der Waals surface area contributed by atoms with Crippen molar-refractivity contribution in [2.45, 2.75) is 25.8 Å². The van der Waals surface area contributed by atoms with Crippen molar-refractivity contribution in [3.63, 3.8) is 0 Å². The van der Waals surface area contributed by atoms with Gasteiger partial charge in [-0.25, -0.2) is 0 Å². The molecule has 0 aromatic heterocycles. The van der Waals surface area contributed by atoms with Crippen molar-refractivity contribution in [1.82, 2.24) is 4.90 Å². The standard InChI is InChI=1S/C21H21N5/c1-14(2)26-9-8-16-17(10-22)20(25)21(12-23,13-24)19(18(16)11-26)15-6-4-3-5-7-15/h3-8,14,18-19H,9,11,25H2,1-2H3/t18-,19-/m1/s1. The van der Waals surface area contributed by atoms with Crippen molar-refractivity contribution < 1.29 is 0 Å². The van der Waals surface area contributed by atoms with Crippen molar-refractivity contribution in [3.8, 4) is 18.2 Å². The van der Waals surface area contributed by atoms with Gasteiger partial charge in [0.15, 0.2) is 5.41 Å². The van der Waals surface area contributed by atoms with Gasteiger partial charge < -0.3 is 5.73 Å². The van der Waals surface area contributed by atoms with Gasteiger partial charge in [-0.05, 0) is 25.0 Å². The lowest BCUT2D eigenvalue weighted by Gasteiger charge is -2.46. The van der Waals surface area contributed by atoms with Crippen molar-refractivity contribution in [1.29, 1.82) is 15.8 Å². The van der Waals surface area contributed by atoms with Crippen LogP contribution in [0, 0.1) is 45.3 Å². The van der Waals surface area contributed by atoms with E-state index in [4.69, 9.17) is 5.73 Å². The monoisotopic (exact) mass is 343 g/mol. The predicted octanol–water partition coefficient (Wildman–Crippen LogP) is 2.82. The van der Waals surface area contributed by atoms with E-state index in [0.29, 0.717) is 18.2 Å².